The molecule has 0 saturated carbocycles. The van der Waals surface area contributed by atoms with E-state index in [1.165, 1.54) is 43.3 Å². The molecular weight excluding hydrogens is 451 g/mol. The van der Waals surface area contributed by atoms with E-state index in [1.807, 2.05) is 11.8 Å². The van der Waals surface area contributed by atoms with E-state index in [-0.39, 0.29) is 24.0 Å². The van der Waals surface area contributed by atoms with E-state index in [0.29, 0.717) is 0 Å². The van der Waals surface area contributed by atoms with Gasteiger partial charge >= 0.3 is 0 Å². The largest absolute Gasteiger partial charge is 1.00 e. The van der Waals surface area contributed by atoms with Gasteiger partial charge in [0.2, 0.25) is 11.2 Å². The summed E-state index contributed by atoms with van der Waals surface area (Å²) in [5, 5.41) is 2.57. The summed E-state index contributed by atoms with van der Waals surface area (Å²) in [6, 6.07) is 17.8. The fraction of sp³-hybridized carbons (Fsp3) is 0.227. The van der Waals surface area contributed by atoms with Gasteiger partial charge in [0.25, 0.3) is 0 Å². The standard InChI is InChI=1S/C22H23N2S.HI/c1-5-24-18(9-8-17-12-15(2)6-10-19(17)24)14-22-23(4)20-13-16(3)7-11-21(20)25-22;/h6-14H,5H2,1-4H3;1H/q+1;/p-1. The van der Waals surface area contributed by atoms with Crippen molar-refractivity contribution in [2.24, 2.45) is 0 Å². The number of fused-ring (bicyclic) bond motifs is 2. The molecule has 1 aliphatic heterocycles. The maximum Gasteiger partial charge on any atom is 0.212 e. The number of benzene rings is 2. The normalized spacial score (nSPS) is 14.6. The highest BCUT2D eigenvalue weighted by molar-refractivity contribution is 8.03. The van der Waals surface area contributed by atoms with Crippen molar-refractivity contribution in [1.82, 2.24) is 0 Å². The SMILES string of the molecule is CC[n+]1c(/C=C2/Sc3ccc(C)cc3N2C)ccc2cc(C)ccc21.[I-]. The van der Waals surface area contributed by atoms with Crippen LogP contribution in [0.1, 0.15) is 23.7 Å². The van der Waals surface area contributed by atoms with E-state index in [1.54, 1.807) is 0 Å². The zero-order valence-electron chi connectivity index (χ0n) is 15.6. The van der Waals surface area contributed by atoms with E-state index in [4.69, 9.17) is 0 Å². The van der Waals surface area contributed by atoms with Crippen LogP contribution in [0.25, 0.3) is 17.0 Å². The third-order valence-electron chi connectivity index (χ3n) is 4.83. The topological polar surface area (TPSA) is 7.12 Å². The highest BCUT2D eigenvalue weighted by atomic mass is 127. The van der Waals surface area contributed by atoms with Crippen LogP contribution in [0.4, 0.5) is 5.69 Å². The molecule has 4 rings (SSSR count). The molecule has 0 aliphatic carbocycles. The number of thioether (sulfide) groups is 1. The molecule has 0 unspecified atom stereocenters. The summed E-state index contributed by atoms with van der Waals surface area (Å²) in [5.41, 5.74) is 6.45. The van der Waals surface area contributed by atoms with Gasteiger partial charge in [-0.3, -0.25) is 0 Å². The van der Waals surface area contributed by atoms with Gasteiger partial charge in [-0.2, -0.15) is 4.57 Å². The zero-order chi connectivity index (χ0) is 17.6. The molecule has 0 fully saturated rings. The molecular formula is C22H23IN2S. The molecule has 2 heterocycles. The van der Waals surface area contributed by atoms with Crippen molar-refractivity contribution in [1.29, 1.82) is 0 Å². The zero-order valence-corrected chi connectivity index (χ0v) is 18.6. The van der Waals surface area contributed by atoms with Crippen molar-refractivity contribution in [2.75, 3.05) is 11.9 Å². The Morgan fingerprint density at radius 2 is 1.73 bits per heavy atom. The van der Waals surface area contributed by atoms with Crippen molar-refractivity contribution in [2.45, 2.75) is 32.2 Å². The minimum Gasteiger partial charge on any atom is -1.00 e. The highest BCUT2D eigenvalue weighted by Crippen LogP contribution is 2.45. The van der Waals surface area contributed by atoms with Gasteiger partial charge in [-0.1, -0.05) is 29.5 Å². The van der Waals surface area contributed by atoms with Crippen LogP contribution in [0.5, 0.6) is 0 Å². The van der Waals surface area contributed by atoms with Gasteiger partial charge < -0.3 is 28.9 Å². The van der Waals surface area contributed by atoms with Crippen LogP contribution in [0.15, 0.2) is 58.5 Å². The molecule has 0 atom stereocenters. The minimum atomic E-state index is 0. The number of hydrogen-bond acceptors (Lipinski definition) is 2. The van der Waals surface area contributed by atoms with E-state index in [0.717, 1.165) is 6.54 Å². The van der Waals surface area contributed by atoms with Crippen LogP contribution in [-0.4, -0.2) is 7.05 Å². The Morgan fingerprint density at radius 3 is 2.50 bits per heavy atom. The second kappa shape index (κ2) is 7.61. The van der Waals surface area contributed by atoms with Crippen molar-refractivity contribution in [3.63, 3.8) is 0 Å². The fourth-order valence-corrected chi connectivity index (χ4v) is 4.54. The first-order chi connectivity index (χ1) is 12.1. The number of anilines is 1. The van der Waals surface area contributed by atoms with Crippen LogP contribution in [0, 0.1) is 13.8 Å². The van der Waals surface area contributed by atoms with Crippen LogP contribution in [-0.2, 0) is 6.54 Å². The number of rotatable bonds is 2. The Bertz CT molecular complexity index is 1010. The van der Waals surface area contributed by atoms with Gasteiger partial charge in [0.15, 0.2) is 0 Å². The first kappa shape index (κ1) is 19.2. The lowest BCUT2D eigenvalue weighted by Crippen LogP contribution is -3.00. The van der Waals surface area contributed by atoms with Crippen LogP contribution in [0.3, 0.4) is 0 Å². The molecule has 26 heavy (non-hydrogen) atoms. The first-order valence-corrected chi connectivity index (χ1v) is 9.55. The van der Waals surface area contributed by atoms with Gasteiger partial charge in [-0.25, -0.2) is 0 Å². The van der Waals surface area contributed by atoms with Crippen molar-refractivity contribution in [3.05, 3.63) is 70.4 Å². The summed E-state index contributed by atoms with van der Waals surface area (Å²) < 4.78 is 2.39. The predicted molar refractivity (Wildman–Crippen MR) is 108 cm³/mol. The maximum absolute atomic E-state index is 2.39. The third kappa shape index (κ3) is 3.37. The van der Waals surface area contributed by atoms with Gasteiger partial charge in [0.05, 0.1) is 10.7 Å². The second-order valence-corrected chi connectivity index (χ2v) is 7.74. The van der Waals surface area contributed by atoms with Crippen molar-refractivity contribution >= 4 is 34.4 Å². The Balaban J connectivity index is 0.00000196. The molecule has 4 heteroatoms. The maximum atomic E-state index is 2.39. The number of aryl methyl sites for hydroxylation is 3. The number of nitrogens with zero attached hydrogens (tertiary/aromatic N) is 2. The first-order valence-electron chi connectivity index (χ1n) is 8.74. The summed E-state index contributed by atoms with van der Waals surface area (Å²) in [5.74, 6) is 0. The van der Waals surface area contributed by atoms with E-state index in [2.05, 4.69) is 91.9 Å². The average Bonchev–Trinajstić information content (AvgIpc) is 2.90. The molecule has 0 saturated heterocycles. The van der Waals surface area contributed by atoms with Crippen LogP contribution >= 0.6 is 11.8 Å². The Morgan fingerprint density at radius 1 is 1.00 bits per heavy atom. The smallest absolute Gasteiger partial charge is 0.212 e. The summed E-state index contributed by atoms with van der Waals surface area (Å²) in [6.45, 7) is 7.47. The Hall–Kier alpha value is -1.53. The Kier molecular flexibility index (Phi) is 5.63. The molecule has 0 bridgehead atoms. The monoisotopic (exact) mass is 474 g/mol. The lowest BCUT2D eigenvalue weighted by molar-refractivity contribution is -0.669. The molecule has 0 amide bonds. The molecule has 0 N–H and O–H groups in total. The van der Waals surface area contributed by atoms with E-state index in [9.17, 15) is 0 Å². The van der Waals surface area contributed by atoms with Crippen LogP contribution in [0.2, 0.25) is 0 Å². The molecule has 2 nitrogen and oxygen atoms in total. The van der Waals surface area contributed by atoms with Crippen molar-refractivity contribution < 1.29 is 28.5 Å². The van der Waals surface area contributed by atoms with Crippen molar-refractivity contribution in [3.8, 4) is 0 Å². The Labute approximate surface area is 176 Å². The lowest BCUT2D eigenvalue weighted by Gasteiger charge is -2.13. The molecule has 1 aromatic heterocycles. The third-order valence-corrected chi connectivity index (χ3v) is 5.99. The molecule has 2 aromatic carbocycles. The summed E-state index contributed by atoms with van der Waals surface area (Å²) in [4.78, 5) is 3.63. The number of aromatic nitrogens is 1. The molecule has 0 spiro atoms. The van der Waals surface area contributed by atoms with Gasteiger partial charge in [-0.05, 0) is 50.6 Å². The average molecular weight is 474 g/mol. The molecule has 1 aliphatic rings. The molecule has 3 aromatic rings. The summed E-state index contributed by atoms with van der Waals surface area (Å²) >= 11 is 1.85. The molecule has 134 valence electrons. The number of hydrogen-bond donors (Lipinski definition) is 0. The number of halogens is 1. The van der Waals surface area contributed by atoms with Gasteiger partial charge in [0, 0.05) is 35.5 Å². The van der Waals surface area contributed by atoms with Gasteiger partial charge in [-0.15, -0.1) is 0 Å². The van der Waals surface area contributed by atoms with E-state index < -0.39 is 0 Å². The highest BCUT2D eigenvalue weighted by Gasteiger charge is 2.23. The number of pyridine rings is 1. The summed E-state index contributed by atoms with van der Waals surface area (Å²) in [6.07, 6.45) is 2.31. The molecule has 0 radical (unpaired) electrons. The van der Waals surface area contributed by atoms with E-state index >= 15 is 0 Å². The fourth-order valence-electron chi connectivity index (χ4n) is 3.46. The van der Waals surface area contributed by atoms with Crippen LogP contribution < -0.4 is 33.4 Å². The predicted octanol–water partition coefficient (Wildman–Crippen LogP) is 2.31. The summed E-state index contributed by atoms with van der Waals surface area (Å²) in [7, 11) is 2.16. The quantitative estimate of drug-likeness (QED) is 0.416. The lowest BCUT2D eigenvalue weighted by atomic mass is 10.1. The minimum absolute atomic E-state index is 0. The van der Waals surface area contributed by atoms with Gasteiger partial charge in [0.1, 0.15) is 6.54 Å². The second-order valence-electron chi connectivity index (χ2n) is 6.68.